The van der Waals surface area contributed by atoms with Crippen molar-refractivity contribution in [3.63, 3.8) is 0 Å². The predicted octanol–water partition coefficient (Wildman–Crippen LogP) is 5.09. The Morgan fingerprint density at radius 1 is 0.690 bits per heavy atom. The van der Waals surface area contributed by atoms with Gasteiger partial charge in [-0.05, 0) is 74.0 Å². The Morgan fingerprint density at radius 3 is 1.72 bits per heavy atom. The molecule has 0 aliphatic heterocycles. The van der Waals surface area contributed by atoms with Crippen LogP contribution in [0.15, 0.2) is 24.3 Å². The standard InChI is InChI=1S/C25H38B2O2/c26-22-11-5-18(6-12-22)17-1-3-21(4-2-17)25(28)29-24-15-9-20(10-16-24)19-7-13-23(27)14-8-19/h9-10,15-19,21-23H,1-8,11-14,26-27H2. The first-order valence-electron chi connectivity index (χ1n) is 12.4. The molecule has 4 heteroatoms. The molecule has 3 aliphatic carbocycles. The number of rotatable bonds is 4. The van der Waals surface area contributed by atoms with Crippen molar-refractivity contribution in [3.8, 4) is 5.75 Å². The lowest BCUT2D eigenvalue weighted by Crippen LogP contribution is -2.29. The Kier molecular flexibility index (Phi) is 7.08. The Balaban J connectivity index is 1.23. The van der Waals surface area contributed by atoms with E-state index >= 15 is 0 Å². The van der Waals surface area contributed by atoms with Gasteiger partial charge in [-0.3, -0.25) is 4.79 Å². The molecule has 1 aromatic carbocycles. The summed E-state index contributed by atoms with van der Waals surface area (Å²) in [6, 6.07) is 8.40. The third-order valence-electron chi connectivity index (χ3n) is 8.42. The van der Waals surface area contributed by atoms with Gasteiger partial charge in [0, 0.05) is 0 Å². The molecule has 0 amide bonds. The molecule has 3 aliphatic rings. The zero-order valence-electron chi connectivity index (χ0n) is 18.6. The lowest BCUT2D eigenvalue weighted by Gasteiger charge is -2.36. The van der Waals surface area contributed by atoms with Gasteiger partial charge in [0.2, 0.25) is 0 Å². The number of carbonyl (C=O) groups excluding carboxylic acids is 1. The van der Waals surface area contributed by atoms with E-state index in [9.17, 15) is 4.79 Å². The van der Waals surface area contributed by atoms with Crippen molar-refractivity contribution in [2.24, 2.45) is 17.8 Å². The van der Waals surface area contributed by atoms with Gasteiger partial charge in [0.15, 0.2) is 0 Å². The fourth-order valence-corrected chi connectivity index (χ4v) is 6.18. The molecule has 0 spiro atoms. The monoisotopic (exact) mass is 392 g/mol. The number of esters is 1. The lowest BCUT2D eigenvalue weighted by molar-refractivity contribution is -0.140. The van der Waals surface area contributed by atoms with Crippen LogP contribution in [0.4, 0.5) is 0 Å². The van der Waals surface area contributed by atoms with Crippen LogP contribution in [-0.4, -0.2) is 21.7 Å². The molecule has 0 aromatic heterocycles. The summed E-state index contributed by atoms with van der Waals surface area (Å²) in [6.45, 7) is 0. The summed E-state index contributed by atoms with van der Waals surface area (Å²) < 4.78 is 5.77. The van der Waals surface area contributed by atoms with E-state index in [1.54, 1.807) is 0 Å². The predicted molar refractivity (Wildman–Crippen MR) is 125 cm³/mol. The number of hydrogen-bond acceptors (Lipinski definition) is 2. The van der Waals surface area contributed by atoms with Crippen LogP contribution in [0, 0.1) is 17.8 Å². The molecule has 0 saturated heterocycles. The van der Waals surface area contributed by atoms with Crippen molar-refractivity contribution in [1.29, 1.82) is 0 Å². The Hall–Kier alpha value is -1.18. The first kappa shape index (κ1) is 21.1. The van der Waals surface area contributed by atoms with Crippen LogP contribution in [-0.2, 0) is 4.79 Å². The average Bonchev–Trinajstić information content (AvgIpc) is 2.76. The molecule has 0 bridgehead atoms. The normalized spacial score (nSPS) is 35.7. The topological polar surface area (TPSA) is 26.3 Å². The van der Waals surface area contributed by atoms with Crippen molar-refractivity contribution < 1.29 is 9.53 Å². The molecule has 2 nitrogen and oxygen atoms in total. The highest BCUT2D eigenvalue weighted by Gasteiger charge is 2.33. The third-order valence-corrected chi connectivity index (χ3v) is 8.42. The summed E-state index contributed by atoms with van der Waals surface area (Å²) in [6.07, 6.45) is 15.4. The molecule has 3 fully saturated rings. The second-order valence-corrected chi connectivity index (χ2v) is 10.6. The van der Waals surface area contributed by atoms with Gasteiger partial charge < -0.3 is 4.74 Å². The average molecular weight is 392 g/mol. The summed E-state index contributed by atoms with van der Waals surface area (Å²) in [5.74, 6) is 5.09. The van der Waals surface area contributed by atoms with E-state index in [1.807, 2.05) is 12.1 Å². The van der Waals surface area contributed by atoms with E-state index in [0.717, 1.165) is 42.1 Å². The van der Waals surface area contributed by atoms with Gasteiger partial charge in [0.05, 0.1) is 5.92 Å². The summed E-state index contributed by atoms with van der Waals surface area (Å²) in [4.78, 5) is 12.7. The highest BCUT2D eigenvalue weighted by Crippen LogP contribution is 2.42. The molecule has 3 saturated carbocycles. The number of carbonyl (C=O) groups is 1. The van der Waals surface area contributed by atoms with Crippen molar-refractivity contribution in [3.05, 3.63) is 29.8 Å². The maximum absolute atomic E-state index is 12.7. The quantitative estimate of drug-likeness (QED) is 0.406. The molecule has 0 N–H and O–H groups in total. The van der Waals surface area contributed by atoms with E-state index in [-0.39, 0.29) is 11.9 Å². The molecule has 0 heterocycles. The zero-order chi connectivity index (χ0) is 20.2. The zero-order valence-corrected chi connectivity index (χ0v) is 18.6. The summed E-state index contributed by atoms with van der Waals surface area (Å²) >= 11 is 0. The van der Waals surface area contributed by atoms with Gasteiger partial charge in [-0.25, -0.2) is 0 Å². The molecule has 1 aromatic rings. The van der Waals surface area contributed by atoms with Crippen LogP contribution in [0.25, 0.3) is 0 Å². The maximum atomic E-state index is 12.7. The summed E-state index contributed by atoms with van der Waals surface area (Å²) in [7, 11) is 4.76. The van der Waals surface area contributed by atoms with E-state index in [0.29, 0.717) is 5.92 Å². The van der Waals surface area contributed by atoms with Gasteiger partial charge in [-0.15, -0.1) is 0 Å². The minimum atomic E-state index is -0.0000393. The minimum absolute atomic E-state index is 0.0000393. The smallest absolute Gasteiger partial charge is 0.314 e. The van der Waals surface area contributed by atoms with Crippen molar-refractivity contribution in [2.75, 3.05) is 0 Å². The van der Waals surface area contributed by atoms with E-state index < -0.39 is 0 Å². The fraction of sp³-hybridized carbons (Fsp3) is 0.720. The molecular weight excluding hydrogens is 354 g/mol. The van der Waals surface area contributed by atoms with E-state index in [2.05, 4.69) is 27.8 Å². The van der Waals surface area contributed by atoms with Crippen LogP contribution >= 0.6 is 0 Å². The largest absolute Gasteiger partial charge is 0.426 e. The summed E-state index contributed by atoms with van der Waals surface area (Å²) in [5, 5.41) is 0. The Bertz CT molecular complexity index is 650. The highest BCUT2D eigenvalue weighted by atomic mass is 16.5. The second kappa shape index (κ2) is 9.75. The number of benzene rings is 1. The van der Waals surface area contributed by atoms with Crippen LogP contribution in [0.2, 0.25) is 11.6 Å². The van der Waals surface area contributed by atoms with Crippen LogP contribution in [0.5, 0.6) is 5.75 Å². The molecule has 0 unspecified atom stereocenters. The fourth-order valence-electron chi connectivity index (χ4n) is 6.18. The van der Waals surface area contributed by atoms with Gasteiger partial charge in [0.25, 0.3) is 0 Å². The van der Waals surface area contributed by atoms with Gasteiger partial charge >= 0.3 is 5.97 Å². The van der Waals surface area contributed by atoms with E-state index in [1.165, 1.54) is 69.8 Å². The molecule has 156 valence electrons. The van der Waals surface area contributed by atoms with E-state index in [4.69, 9.17) is 4.74 Å². The molecule has 29 heavy (non-hydrogen) atoms. The Morgan fingerprint density at radius 2 is 1.17 bits per heavy atom. The van der Waals surface area contributed by atoms with Crippen molar-refractivity contribution >= 4 is 21.7 Å². The lowest BCUT2D eigenvalue weighted by atomic mass is 9.65. The maximum Gasteiger partial charge on any atom is 0.314 e. The number of ether oxygens (including phenoxy) is 1. The molecular formula is C25H38B2O2. The SMILES string of the molecule is BC1CCC(c2ccc(OC(=O)C3CCC(C4CCC(B)CC4)CC3)cc2)CC1. The Labute approximate surface area is 179 Å². The van der Waals surface area contributed by atoms with Crippen LogP contribution in [0.1, 0.15) is 88.5 Å². The van der Waals surface area contributed by atoms with Gasteiger partial charge in [-0.2, -0.15) is 0 Å². The van der Waals surface area contributed by atoms with Crippen LogP contribution in [0.3, 0.4) is 0 Å². The minimum Gasteiger partial charge on any atom is -0.426 e. The van der Waals surface area contributed by atoms with Crippen molar-refractivity contribution in [1.82, 2.24) is 0 Å². The van der Waals surface area contributed by atoms with Crippen LogP contribution < -0.4 is 4.74 Å². The van der Waals surface area contributed by atoms with Crippen molar-refractivity contribution in [2.45, 2.75) is 94.6 Å². The highest BCUT2D eigenvalue weighted by molar-refractivity contribution is 6.11. The molecule has 0 atom stereocenters. The van der Waals surface area contributed by atoms with Gasteiger partial charge in [-0.1, -0.05) is 62.3 Å². The first-order valence-corrected chi connectivity index (χ1v) is 12.4. The molecule has 4 rings (SSSR count). The first-order chi connectivity index (χ1) is 14.1. The third kappa shape index (κ3) is 5.50. The molecule has 0 radical (unpaired) electrons. The van der Waals surface area contributed by atoms with Gasteiger partial charge in [0.1, 0.15) is 21.4 Å². The second-order valence-electron chi connectivity index (χ2n) is 10.6. The summed E-state index contributed by atoms with van der Waals surface area (Å²) in [5.41, 5.74) is 1.42. The number of hydrogen-bond donors (Lipinski definition) is 0.